The fraction of sp³-hybridized carbons (Fsp3) is 0.381. The maximum absolute atomic E-state index is 12.8. The highest BCUT2D eigenvalue weighted by Crippen LogP contribution is 2.33. The average molecular weight is 436 g/mol. The van der Waals surface area contributed by atoms with Gasteiger partial charge in [0.25, 0.3) is 5.56 Å². The molecule has 0 spiro atoms. The first kappa shape index (κ1) is 20.6. The number of hydrogen-bond acceptors (Lipinski definition) is 5. The van der Waals surface area contributed by atoms with Gasteiger partial charge in [0, 0.05) is 11.3 Å². The molecule has 5 nitrogen and oxygen atoms in total. The number of aromatic amines is 1. The zero-order chi connectivity index (χ0) is 21.3. The number of aromatic nitrogens is 2. The summed E-state index contributed by atoms with van der Waals surface area (Å²) in [6.07, 6.45) is -0.251. The van der Waals surface area contributed by atoms with Crippen molar-refractivity contribution in [3.63, 3.8) is 0 Å². The van der Waals surface area contributed by atoms with Crippen molar-refractivity contribution in [3.8, 4) is 0 Å². The third kappa shape index (κ3) is 4.40. The van der Waals surface area contributed by atoms with E-state index in [1.54, 1.807) is 0 Å². The fourth-order valence-electron chi connectivity index (χ4n) is 3.62. The molecular formula is C21H19F3N2O3S. The lowest BCUT2D eigenvalue weighted by molar-refractivity contribution is -0.144. The van der Waals surface area contributed by atoms with Gasteiger partial charge in [-0.3, -0.25) is 9.59 Å². The Morgan fingerprint density at radius 3 is 2.83 bits per heavy atom. The van der Waals surface area contributed by atoms with Crippen LogP contribution in [0.5, 0.6) is 0 Å². The van der Waals surface area contributed by atoms with Crippen LogP contribution < -0.4 is 5.56 Å². The number of nitrogens with zero attached hydrogens (tertiary/aromatic N) is 1. The molecule has 3 aromatic rings. The van der Waals surface area contributed by atoms with Gasteiger partial charge < -0.3 is 9.72 Å². The first-order chi connectivity index (χ1) is 14.3. The predicted octanol–water partition coefficient (Wildman–Crippen LogP) is 4.56. The van der Waals surface area contributed by atoms with Gasteiger partial charge in [0.15, 0.2) is 0 Å². The standard InChI is InChI=1S/C21H19F3N2O3S/c22-21(23,24)13-5-3-4-12(10-13)11-29-17(27)9-8-16-25-19(28)18-14-6-1-2-7-15(14)30-20(18)26-16/h3-5,10H,1-2,6-9,11H2,(H,25,26,28). The van der Waals surface area contributed by atoms with Gasteiger partial charge in [-0.25, -0.2) is 4.98 Å². The first-order valence-electron chi connectivity index (χ1n) is 9.66. The molecule has 0 bridgehead atoms. The quantitative estimate of drug-likeness (QED) is 0.596. The second-order valence-corrected chi connectivity index (χ2v) is 8.35. The summed E-state index contributed by atoms with van der Waals surface area (Å²) in [7, 11) is 0. The number of aryl methyl sites for hydroxylation is 3. The summed E-state index contributed by atoms with van der Waals surface area (Å²) in [6.45, 7) is -0.247. The molecule has 4 rings (SSSR count). The number of halogens is 3. The van der Waals surface area contributed by atoms with Gasteiger partial charge in [-0.15, -0.1) is 11.3 Å². The minimum atomic E-state index is -4.45. The Morgan fingerprint density at radius 2 is 2.03 bits per heavy atom. The molecule has 0 unspecified atom stereocenters. The molecule has 0 saturated heterocycles. The Hall–Kier alpha value is -2.68. The average Bonchev–Trinajstić information content (AvgIpc) is 3.09. The lowest BCUT2D eigenvalue weighted by Crippen LogP contribution is -2.14. The Bertz CT molecular complexity index is 1150. The number of H-pyrrole nitrogens is 1. The van der Waals surface area contributed by atoms with Gasteiger partial charge in [-0.1, -0.05) is 12.1 Å². The minimum absolute atomic E-state index is 0.0293. The maximum Gasteiger partial charge on any atom is 0.416 e. The first-order valence-corrected chi connectivity index (χ1v) is 10.5. The lowest BCUT2D eigenvalue weighted by atomic mass is 9.97. The van der Waals surface area contributed by atoms with Crippen LogP contribution in [0.1, 0.15) is 46.7 Å². The zero-order valence-electron chi connectivity index (χ0n) is 16.0. The van der Waals surface area contributed by atoms with E-state index in [-0.39, 0.29) is 30.6 Å². The maximum atomic E-state index is 12.8. The predicted molar refractivity (Wildman–Crippen MR) is 106 cm³/mol. The number of fused-ring (bicyclic) bond motifs is 3. The number of nitrogens with one attached hydrogen (secondary N) is 1. The van der Waals surface area contributed by atoms with E-state index in [0.717, 1.165) is 43.4 Å². The van der Waals surface area contributed by atoms with Crippen LogP contribution in [0.3, 0.4) is 0 Å². The van der Waals surface area contributed by atoms with Gasteiger partial charge in [-0.05, 0) is 48.9 Å². The molecule has 0 fully saturated rings. The van der Waals surface area contributed by atoms with E-state index in [4.69, 9.17) is 4.74 Å². The van der Waals surface area contributed by atoms with Crippen molar-refractivity contribution in [1.29, 1.82) is 0 Å². The van der Waals surface area contributed by atoms with Crippen LogP contribution in [-0.4, -0.2) is 15.9 Å². The molecular weight excluding hydrogens is 417 g/mol. The molecule has 2 aromatic heterocycles. The van der Waals surface area contributed by atoms with Gasteiger partial charge >= 0.3 is 12.1 Å². The van der Waals surface area contributed by atoms with Crippen molar-refractivity contribution in [2.45, 2.75) is 51.3 Å². The number of carbonyl (C=O) groups is 1. The molecule has 1 aromatic carbocycles. The van der Waals surface area contributed by atoms with E-state index in [0.29, 0.717) is 16.0 Å². The summed E-state index contributed by atoms with van der Waals surface area (Å²) in [5.41, 5.74) is 0.383. The number of carbonyl (C=O) groups excluding carboxylic acids is 1. The van der Waals surface area contributed by atoms with Crippen LogP contribution in [0, 0.1) is 0 Å². The summed E-state index contributed by atoms with van der Waals surface area (Å²) in [6, 6.07) is 4.66. The van der Waals surface area contributed by atoms with Crippen LogP contribution in [-0.2, 0) is 41.6 Å². The SMILES string of the molecule is O=C(CCc1nc2sc3c(c2c(=O)[nH]1)CCCC3)OCc1cccc(C(F)(F)F)c1. The smallest absolute Gasteiger partial charge is 0.416 e. The molecule has 0 amide bonds. The normalized spacial score (nSPS) is 14.0. The number of hydrogen-bond donors (Lipinski definition) is 1. The number of thiophene rings is 1. The summed E-state index contributed by atoms with van der Waals surface area (Å²) in [5, 5.41) is 0.658. The van der Waals surface area contributed by atoms with Crippen molar-refractivity contribution >= 4 is 27.5 Å². The third-order valence-electron chi connectivity index (χ3n) is 5.09. The Kier molecular flexibility index (Phi) is 5.64. The van der Waals surface area contributed by atoms with Crippen LogP contribution in [0.25, 0.3) is 10.2 Å². The molecule has 158 valence electrons. The number of esters is 1. The van der Waals surface area contributed by atoms with Crippen LogP contribution in [0.15, 0.2) is 29.1 Å². The second-order valence-electron chi connectivity index (χ2n) is 7.26. The molecule has 2 heterocycles. The van der Waals surface area contributed by atoms with Gasteiger partial charge in [0.1, 0.15) is 17.3 Å². The Labute approximate surface area is 173 Å². The van der Waals surface area contributed by atoms with E-state index >= 15 is 0 Å². The number of rotatable bonds is 5. The van der Waals surface area contributed by atoms with Gasteiger partial charge in [0.2, 0.25) is 0 Å². The molecule has 0 aliphatic heterocycles. The summed E-state index contributed by atoms with van der Waals surface area (Å²) >= 11 is 1.53. The fourth-order valence-corrected chi connectivity index (χ4v) is 4.90. The second kappa shape index (κ2) is 8.22. The van der Waals surface area contributed by atoms with Crippen molar-refractivity contribution in [2.24, 2.45) is 0 Å². The van der Waals surface area contributed by atoms with Crippen molar-refractivity contribution in [2.75, 3.05) is 0 Å². The lowest BCUT2D eigenvalue weighted by Gasteiger charge is -2.10. The van der Waals surface area contributed by atoms with E-state index in [2.05, 4.69) is 9.97 Å². The Balaban J connectivity index is 1.38. The molecule has 30 heavy (non-hydrogen) atoms. The molecule has 0 radical (unpaired) electrons. The van der Waals surface area contributed by atoms with E-state index in [9.17, 15) is 22.8 Å². The molecule has 1 aliphatic rings. The summed E-state index contributed by atoms with van der Waals surface area (Å²) < 4.78 is 43.3. The molecule has 1 N–H and O–H groups in total. The summed E-state index contributed by atoms with van der Waals surface area (Å²) in [4.78, 5) is 33.7. The largest absolute Gasteiger partial charge is 0.461 e. The van der Waals surface area contributed by atoms with E-state index < -0.39 is 17.7 Å². The van der Waals surface area contributed by atoms with Crippen LogP contribution in [0.4, 0.5) is 13.2 Å². The Morgan fingerprint density at radius 1 is 1.23 bits per heavy atom. The van der Waals surface area contributed by atoms with Crippen LogP contribution in [0.2, 0.25) is 0 Å². The van der Waals surface area contributed by atoms with Crippen LogP contribution >= 0.6 is 11.3 Å². The number of alkyl halides is 3. The number of ether oxygens (including phenoxy) is 1. The molecule has 0 atom stereocenters. The monoisotopic (exact) mass is 436 g/mol. The third-order valence-corrected chi connectivity index (χ3v) is 6.28. The molecule has 0 saturated carbocycles. The summed E-state index contributed by atoms with van der Waals surface area (Å²) in [5.74, 6) is -0.164. The van der Waals surface area contributed by atoms with E-state index in [1.807, 2.05) is 0 Å². The minimum Gasteiger partial charge on any atom is -0.461 e. The van der Waals surface area contributed by atoms with Crippen molar-refractivity contribution < 1.29 is 22.7 Å². The molecule has 1 aliphatic carbocycles. The highest BCUT2D eigenvalue weighted by Gasteiger charge is 2.30. The van der Waals surface area contributed by atoms with Crippen molar-refractivity contribution in [1.82, 2.24) is 9.97 Å². The van der Waals surface area contributed by atoms with Crippen molar-refractivity contribution in [3.05, 3.63) is 62.0 Å². The molecule has 9 heteroatoms. The highest BCUT2D eigenvalue weighted by molar-refractivity contribution is 7.18. The highest BCUT2D eigenvalue weighted by atomic mass is 32.1. The topological polar surface area (TPSA) is 72.0 Å². The van der Waals surface area contributed by atoms with Gasteiger partial charge in [0.05, 0.1) is 17.4 Å². The number of benzene rings is 1. The van der Waals surface area contributed by atoms with E-state index in [1.165, 1.54) is 28.3 Å². The zero-order valence-corrected chi connectivity index (χ0v) is 16.8. The van der Waals surface area contributed by atoms with Gasteiger partial charge in [-0.2, -0.15) is 13.2 Å².